The Morgan fingerprint density at radius 3 is 1.65 bits per heavy atom. The maximum Gasteiger partial charge on any atom is 0.407 e. The van der Waals surface area contributed by atoms with Crippen LogP contribution in [0.25, 0.3) is 0 Å². The van der Waals surface area contributed by atoms with Crippen LogP contribution in [0.4, 0.5) is 13.2 Å². The minimum Gasteiger partial charge on any atom is -0.297 e. The first-order valence-electron chi connectivity index (χ1n) is 7.66. The Bertz CT molecular complexity index is 606. The first-order chi connectivity index (χ1) is 10.7. The first kappa shape index (κ1) is 17.5. The molecule has 2 aromatic carbocycles. The van der Waals surface area contributed by atoms with E-state index >= 15 is 0 Å². The second kappa shape index (κ2) is 6.75. The first-order valence-corrected chi connectivity index (χ1v) is 7.66. The van der Waals surface area contributed by atoms with E-state index in [1.165, 1.54) is 12.1 Å². The minimum absolute atomic E-state index is 0.0720. The van der Waals surface area contributed by atoms with Crippen molar-refractivity contribution in [2.45, 2.75) is 44.4 Å². The quantitative estimate of drug-likeness (QED) is 0.771. The fourth-order valence-corrected chi connectivity index (χ4v) is 2.66. The van der Waals surface area contributed by atoms with Gasteiger partial charge in [0.25, 0.3) is 0 Å². The number of benzene rings is 2. The zero-order valence-electron chi connectivity index (χ0n) is 13.6. The van der Waals surface area contributed by atoms with Gasteiger partial charge in [-0.15, -0.1) is 0 Å². The van der Waals surface area contributed by atoms with Gasteiger partial charge in [0.2, 0.25) is 0 Å². The Morgan fingerprint density at radius 1 is 0.783 bits per heavy atom. The summed E-state index contributed by atoms with van der Waals surface area (Å²) in [6.07, 6.45) is -4.35. The van der Waals surface area contributed by atoms with Gasteiger partial charge in [0.15, 0.2) is 0 Å². The molecule has 0 radical (unpaired) electrons. The highest BCUT2D eigenvalue weighted by Crippen LogP contribution is 2.37. The third-order valence-corrected chi connectivity index (χ3v) is 4.36. The Morgan fingerprint density at radius 2 is 1.22 bits per heavy atom. The summed E-state index contributed by atoms with van der Waals surface area (Å²) >= 11 is 0. The summed E-state index contributed by atoms with van der Waals surface area (Å²) in [5.41, 5.74) is 0.518. The molecular weight excluding hydrogens is 299 g/mol. The van der Waals surface area contributed by atoms with E-state index in [1.807, 2.05) is 51.1 Å². The molecule has 0 saturated heterocycles. The fraction of sp³-hybridized carbons (Fsp3) is 0.368. The molecule has 0 fully saturated rings. The Labute approximate surface area is 135 Å². The Kier molecular flexibility index (Phi) is 5.15. The van der Waals surface area contributed by atoms with Crippen molar-refractivity contribution < 1.29 is 13.2 Å². The molecule has 0 aliphatic heterocycles. The third-order valence-electron chi connectivity index (χ3n) is 4.36. The molecule has 4 heteroatoms. The van der Waals surface area contributed by atoms with E-state index < -0.39 is 17.8 Å². The second-order valence-electron chi connectivity index (χ2n) is 6.38. The normalized spacial score (nSPS) is 15.2. The highest BCUT2D eigenvalue weighted by atomic mass is 19.4. The molecule has 124 valence electrons. The minimum atomic E-state index is -4.35. The SMILES string of the molecule is CC(c1ccccc1)C(C)(C)NC(c1ccccc1)C(F)(F)F. The molecule has 2 rings (SSSR count). The number of hydrogen-bond acceptors (Lipinski definition) is 1. The zero-order valence-corrected chi connectivity index (χ0v) is 13.6. The summed E-state index contributed by atoms with van der Waals surface area (Å²) in [4.78, 5) is 0. The van der Waals surface area contributed by atoms with Crippen LogP contribution in [0.15, 0.2) is 60.7 Å². The average Bonchev–Trinajstić information content (AvgIpc) is 2.52. The topological polar surface area (TPSA) is 12.0 Å². The lowest BCUT2D eigenvalue weighted by molar-refractivity contribution is -0.162. The van der Waals surface area contributed by atoms with Gasteiger partial charge in [0.1, 0.15) is 6.04 Å². The van der Waals surface area contributed by atoms with Crippen LogP contribution in [0.1, 0.15) is 43.9 Å². The van der Waals surface area contributed by atoms with Crippen molar-refractivity contribution in [3.63, 3.8) is 0 Å². The summed E-state index contributed by atoms with van der Waals surface area (Å²) in [7, 11) is 0. The molecule has 0 spiro atoms. The van der Waals surface area contributed by atoms with Crippen molar-refractivity contribution in [2.24, 2.45) is 0 Å². The summed E-state index contributed by atoms with van der Waals surface area (Å²) in [5.74, 6) is -0.0720. The van der Waals surface area contributed by atoms with Crippen molar-refractivity contribution in [1.82, 2.24) is 5.32 Å². The van der Waals surface area contributed by atoms with Crippen LogP contribution < -0.4 is 5.32 Å². The molecule has 0 heterocycles. The van der Waals surface area contributed by atoms with Crippen LogP contribution in [-0.2, 0) is 0 Å². The van der Waals surface area contributed by atoms with Gasteiger partial charge in [0, 0.05) is 5.54 Å². The highest BCUT2D eigenvalue weighted by Gasteiger charge is 2.44. The van der Waals surface area contributed by atoms with Crippen molar-refractivity contribution in [3.8, 4) is 0 Å². The van der Waals surface area contributed by atoms with Crippen LogP contribution in [0.3, 0.4) is 0 Å². The summed E-state index contributed by atoms with van der Waals surface area (Å²) in [6, 6.07) is 15.9. The van der Waals surface area contributed by atoms with Crippen LogP contribution >= 0.6 is 0 Å². The second-order valence-corrected chi connectivity index (χ2v) is 6.38. The standard InChI is InChI=1S/C19H22F3N/c1-14(15-10-6-4-7-11-15)18(2,3)23-17(19(20,21)22)16-12-8-5-9-13-16/h4-14,17,23H,1-3H3. The third kappa shape index (κ3) is 4.35. The van der Waals surface area contributed by atoms with Crippen molar-refractivity contribution in [1.29, 1.82) is 0 Å². The molecular formula is C19H22F3N. The molecule has 1 nitrogen and oxygen atoms in total. The van der Waals surface area contributed by atoms with Crippen molar-refractivity contribution >= 4 is 0 Å². The molecule has 0 aliphatic rings. The molecule has 0 amide bonds. The molecule has 2 aromatic rings. The number of alkyl halides is 3. The molecule has 2 unspecified atom stereocenters. The van der Waals surface area contributed by atoms with Crippen molar-refractivity contribution in [2.75, 3.05) is 0 Å². The van der Waals surface area contributed by atoms with E-state index in [9.17, 15) is 13.2 Å². The van der Waals surface area contributed by atoms with Gasteiger partial charge in [-0.2, -0.15) is 13.2 Å². The largest absolute Gasteiger partial charge is 0.407 e. The Hall–Kier alpha value is -1.81. The predicted molar refractivity (Wildman–Crippen MR) is 87.3 cm³/mol. The summed E-state index contributed by atoms with van der Waals surface area (Å²) in [5, 5.41) is 2.82. The molecule has 0 aromatic heterocycles. The van der Waals surface area contributed by atoms with Gasteiger partial charge in [-0.05, 0) is 30.9 Å². The highest BCUT2D eigenvalue weighted by molar-refractivity contribution is 5.25. The van der Waals surface area contributed by atoms with Gasteiger partial charge in [-0.25, -0.2) is 0 Å². The van der Waals surface area contributed by atoms with Gasteiger partial charge in [0.05, 0.1) is 0 Å². The van der Waals surface area contributed by atoms with Crippen LogP contribution in [-0.4, -0.2) is 11.7 Å². The average molecular weight is 321 g/mol. The predicted octanol–water partition coefficient (Wildman–Crippen LogP) is 5.46. The molecule has 23 heavy (non-hydrogen) atoms. The zero-order chi connectivity index (χ0) is 17.1. The van der Waals surface area contributed by atoms with Gasteiger partial charge in [-0.3, -0.25) is 5.32 Å². The fourth-order valence-electron chi connectivity index (χ4n) is 2.66. The summed E-state index contributed by atoms with van der Waals surface area (Å²) in [6.45, 7) is 5.57. The number of hydrogen-bond donors (Lipinski definition) is 1. The number of nitrogens with one attached hydrogen (secondary N) is 1. The lowest BCUT2D eigenvalue weighted by atomic mass is 9.82. The monoisotopic (exact) mass is 321 g/mol. The smallest absolute Gasteiger partial charge is 0.297 e. The van der Waals surface area contributed by atoms with Crippen LogP contribution in [0, 0.1) is 0 Å². The van der Waals surface area contributed by atoms with E-state index in [1.54, 1.807) is 18.2 Å². The van der Waals surface area contributed by atoms with Crippen molar-refractivity contribution in [3.05, 3.63) is 71.8 Å². The van der Waals surface area contributed by atoms with E-state index in [0.29, 0.717) is 0 Å². The maximum atomic E-state index is 13.5. The lowest BCUT2D eigenvalue weighted by Gasteiger charge is -2.38. The van der Waals surface area contributed by atoms with Crippen LogP contribution in [0.5, 0.6) is 0 Å². The van der Waals surface area contributed by atoms with Gasteiger partial charge in [-0.1, -0.05) is 67.6 Å². The maximum absolute atomic E-state index is 13.5. The van der Waals surface area contributed by atoms with Crippen LogP contribution in [0.2, 0.25) is 0 Å². The Balaban J connectivity index is 2.28. The molecule has 2 atom stereocenters. The van der Waals surface area contributed by atoms with Gasteiger partial charge >= 0.3 is 6.18 Å². The number of halogens is 3. The number of rotatable bonds is 5. The molecule has 1 N–H and O–H groups in total. The van der Waals surface area contributed by atoms with E-state index in [2.05, 4.69) is 5.32 Å². The van der Waals surface area contributed by atoms with Gasteiger partial charge < -0.3 is 0 Å². The van der Waals surface area contributed by atoms with E-state index in [0.717, 1.165) is 5.56 Å². The van der Waals surface area contributed by atoms with E-state index in [-0.39, 0.29) is 11.5 Å². The molecule has 0 bridgehead atoms. The van der Waals surface area contributed by atoms with E-state index in [4.69, 9.17) is 0 Å². The molecule has 0 aliphatic carbocycles. The summed E-state index contributed by atoms with van der Waals surface area (Å²) < 4.78 is 40.6. The molecule has 0 saturated carbocycles. The lowest BCUT2D eigenvalue weighted by Crippen LogP contribution is -2.49.